The molecule has 3 aromatic heterocycles. The average Bonchev–Trinajstić information content (AvgIpc) is 3.79. The van der Waals surface area contributed by atoms with Crippen LogP contribution in [0.15, 0.2) is 188 Å². The first-order chi connectivity index (χ1) is 26.7. The van der Waals surface area contributed by atoms with Crippen molar-refractivity contribution in [2.45, 2.75) is 0 Å². The molecule has 0 aliphatic heterocycles. The maximum Gasteiger partial charge on any atom is 0.160 e. The van der Waals surface area contributed by atoms with Gasteiger partial charge < -0.3 is 4.57 Å². The minimum atomic E-state index is 0.748. The van der Waals surface area contributed by atoms with Crippen molar-refractivity contribution < 1.29 is 0 Å². The second kappa shape index (κ2) is 12.4. The summed E-state index contributed by atoms with van der Waals surface area (Å²) in [7, 11) is 0. The molecule has 0 spiro atoms. The first kappa shape index (κ1) is 30.7. The van der Waals surface area contributed by atoms with Gasteiger partial charge >= 0.3 is 0 Å². The maximum atomic E-state index is 5.15. The number of rotatable bonds is 5. The van der Waals surface area contributed by atoms with Gasteiger partial charge in [-0.15, -0.1) is 11.3 Å². The Kier molecular flexibility index (Phi) is 7.04. The van der Waals surface area contributed by atoms with Gasteiger partial charge in [0.15, 0.2) is 5.82 Å². The lowest BCUT2D eigenvalue weighted by Crippen LogP contribution is -1.94. The molecule has 0 fully saturated rings. The molecule has 0 saturated carbocycles. The summed E-state index contributed by atoms with van der Waals surface area (Å²) in [6, 6.07) is 67.4. The molecule has 8 aromatic carbocycles. The number of para-hydroxylation sites is 1. The van der Waals surface area contributed by atoms with Gasteiger partial charge in [-0.1, -0.05) is 146 Å². The van der Waals surface area contributed by atoms with E-state index in [1.165, 1.54) is 59.5 Å². The number of fused-ring (bicyclic) bond motifs is 7. The number of nitrogens with zero attached hydrogens (tertiary/aromatic N) is 3. The Balaban J connectivity index is 1.00. The molecule has 252 valence electrons. The fourth-order valence-corrected chi connectivity index (χ4v) is 9.14. The van der Waals surface area contributed by atoms with E-state index in [2.05, 4.69) is 168 Å². The average molecular weight is 706 g/mol. The Morgan fingerprint density at radius 2 is 1.00 bits per heavy atom. The lowest BCUT2D eigenvalue weighted by Gasteiger charge is -2.11. The molecule has 0 aliphatic carbocycles. The number of hydrogen-bond acceptors (Lipinski definition) is 3. The Morgan fingerprint density at radius 1 is 0.389 bits per heavy atom. The van der Waals surface area contributed by atoms with Crippen LogP contribution in [-0.2, 0) is 0 Å². The molecule has 0 radical (unpaired) electrons. The molecule has 11 rings (SSSR count). The molecule has 0 saturated heterocycles. The number of hydrogen-bond donors (Lipinski definition) is 0. The van der Waals surface area contributed by atoms with E-state index in [-0.39, 0.29) is 0 Å². The predicted molar refractivity (Wildman–Crippen MR) is 229 cm³/mol. The first-order valence-corrected chi connectivity index (χ1v) is 19.1. The molecule has 54 heavy (non-hydrogen) atoms. The van der Waals surface area contributed by atoms with Crippen molar-refractivity contribution >= 4 is 64.2 Å². The van der Waals surface area contributed by atoms with E-state index in [1.807, 2.05) is 24.3 Å². The zero-order valence-electron chi connectivity index (χ0n) is 29.1. The van der Waals surface area contributed by atoms with Gasteiger partial charge in [-0.05, 0) is 75.5 Å². The van der Waals surface area contributed by atoms with E-state index in [9.17, 15) is 0 Å². The topological polar surface area (TPSA) is 30.7 Å². The second-order valence-corrected chi connectivity index (χ2v) is 14.9. The van der Waals surface area contributed by atoms with Crippen molar-refractivity contribution in [3.63, 3.8) is 0 Å². The fourth-order valence-electron chi connectivity index (χ4n) is 7.94. The zero-order valence-corrected chi connectivity index (χ0v) is 30.0. The van der Waals surface area contributed by atoms with Crippen molar-refractivity contribution in [1.29, 1.82) is 0 Å². The predicted octanol–water partition coefficient (Wildman–Crippen LogP) is 13.8. The summed E-state index contributed by atoms with van der Waals surface area (Å²) in [5.74, 6) is 0.748. The quantitative estimate of drug-likeness (QED) is 0.178. The Labute approximate surface area is 316 Å². The van der Waals surface area contributed by atoms with E-state index in [4.69, 9.17) is 9.97 Å². The molecule has 0 bridgehead atoms. The van der Waals surface area contributed by atoms with E-state index >= 15 is 0 Å². The molecule has 3 nitrogen and oxygen atoms in total. The van der Waals surface area contributed by atoms with E-state index < -0.39 is 0 Å². The minimum absolute atomic E-state index is 0.748. The molecule has 0 aliphatic rings. The van der Waals surface area contributed by atoms with Crippen molar-refractivity contribution in [3.05, 3.63) is 188 Å². The van der Waals surface area contributed by atoms with Gasteiger partial charge in [0.1, 0.15) is 0 Å². The summed E-state index contributed by atoms with van der Waals surface area (Å²) in [6.07, 6.45) is 0. The van der Waals surface area contributed by atoms with Crippen LogP contribution in [0.25, 0.3) is 103 Å². The lowest BCUT2D eigenvalue weighted by atomic mass is 10.00. The normalized spacial score (nSPS) is 11.7. The van der Waals surface area contributed by atoms with Crippen molar-refractivity contribution in [3.8, 4) is 50.6 Å². The molecule has 11 aromatic rings. The highest BCUT2D eigenvalue weighted by molar-refractivity contribution is 7.26. The third kappa shape index (κ3) is 5.03. The highest BCUT2D eigenvalue weighted by Crippen LogP contribution is 2.41. The number of aromatic nitrogens is 3. The van der Waals surface area contributed by atoms with Crippen molar-refractivity contribution in [2.75, 3.05) is 0 Å². The van der Waals surface area contributed by atoms with Crippen LogP contribution in [0, 0.1) is 0 Å². The third-order valence-electron chi connectivity index (χ3n) is 10.6. The number of thiophene rings is 1. The molecule has 0 unspecified atom stereocenters. The highest BCUT2D eigenvalue weighted by atomic mass is 32.1. The van der Waals surface area contributed by atoms with Gasteiger partial charge in [0, 0.05) is 37.7 Å². The van der Waals surface area contributed by atoms with Crippen LogP contribution in [0.2, 0.25) is 0 Å². The van der Waals surface area contributed by atoms with Crippen LogP contribution in [0.1, 0.15) is 0 Å². The van der Waals surface area contributed by atoms with Gasteiger partial charge in [0.2, 0.25) is 0 Å². The molecular formula is C50H31N3S. The largest absolute Gasteiger partial charge is 0.309 e. The smallest absolute Gasteiger partial charge is 0.160 e. The Bertz CT molecular complexity index is 3200. The van der Waals surface area contributed by atoms with E-state index in [1.54, 1.807) is 11.3 Å². The Hall–Kier alpha value is -6.88. The second-order valence-electron chi connectivity index (χ2n) is 13.8. The SMILES string of the molecule is c1ccc(-c2ccc3c(c2)c2ccccc2n3-c2ccc3cc(-c4ccc5c(c4)sc4c(-c6ccccc6)nc(-c6ccccc6)nc45)ccc3c2)cc1. The summed E-state index contributed by atoms with van der Waals surface area (Å²) in [5.41, 5.74) is 12.5. The van der Waals surface area contributed by atoms with Crippen molar-refractivity contribution in [1.82, 2.24) is 14.5 Å². The molecule has 4 heteroatoms. The number of benzene rings is 8. The fraction of sp³-hybridized carbons (Fsp3) is 0. The standard InChI is InChI=1S/C50H31N3S/c1-4-12-32(13-5-1)38-24-27-45-43(30-38)41-18-10-11-19-44(41)53(45)40-25-22-36-28-35(20-21-37(36)29-40)39-23-26-42-46(31-39)54-49-47(33-14-6-2-7-15-33)51-50(52-48(42)49)34-16-8-3-9-17-34/h1-31H. The maximum absolute atomic E-state index is 5.15. The summed E-state index contributed by atoms with van der Waals surface area (Å²) in [4.78, 5) is 10.3. The summed E-state index contributed by atoms with van der Waals surface area (Å²) in [5, 5.41) is 6.10. The van der Waals surface area contributed by atoms with Gasteiger partial charge in [-0.3, -0.25) is 0 Å². The Morgan fingerprint density at radius 3 is 1.81 bits per heavy atom. The third-order valence-corrected chi connectivity index (χ3v) is 11.7. The summed E-state index contributed by atoms with van der Waals surface area (Å²) >= 11 is 1.77. The summed E-state index contributed by atoms with van der Waals surface area (Å²) < 4.78 is 4.72. The van der Waals surface area contributed by atoms with Gasteiger partial charge in [0.25, 0.3) is 0 Å². The van der Waals surface area contributed by atoms with Gasteiger partial charge in [-0.25, -0.2) is 9.97 Å². The lowest BCUT2D eigenvalue weighted by molar-refractivity contribution is 1.19. The van der Waals surface area contributed by atoms with Crippen LogP contribution in [-0.4, -0.2) is 14.5 Å². The highest BCUT2D eigenvalue weighted by Gasteiger charge is 2.18. The van der Waals surface area contributed by atoms with Crippen molar-refractivity contribution in [2.24, 2.45) is 0 Å². The van der Waals surface area contributed by atoms with E-state index in [0.29, 0.717) is 0 Å². The van der Waals surface area contributed by atoms with Crippen LogP contribution in [0.3, 0.4) is 0 Å². The molecule has 0 atom stereocenters. The van der Waals surface area contributed by atoms with Crippen LogP contribution in [0.5, 0.6) is 0 Å². The van der Waals surface area contributed by atoms with Gasteiger partial charge in [0.05, 0.1) is 26.9 Å². The van der Waals surface area contributed by atoms with E-state index in [0.717, 1.165) is 43.9 Å². The molecule has 3 heterocycles. The van der Waals surface area contributed by atoms with Gasteiger partial charge in [-0.2, -0.15) is 0 Å². The first-order valence-electron chi connectivity index (χ1n) is 18.2. The van der Waals surface area contributed by atoms with Crippen LogP contribution >= 0.6 is 11.3 Å². The zero-order chi connectivity index (χ0) is 35.6. The molecular weight excluding hydrogens is 675 g/mol. The molecule has 0 amide bonds. The summed E-state index contributed by atoms with van der Waals surface area (Å²) in [6.45, 7) is 0. The molecule has 0 N–H and O–H groups in total. The van der Waals surface area contributed by atoms with Crippen LogP contribution < -0.4 is 0 Å². The minimum Gasteiger partial charge on any atom is -0.309 e. The van der Waals surface area contributed by atoms with Crippen LogP contribution in [0.4, 0.5) is 0 Å². The monoisotopic (exact) mass is 705 g/mol.